The second-order valence-electron chi connectivity index (χ2n) is 6.71. The van der Waals surface area contributed by atoms with Crippen LogP contribution >= 0.6 is 11.6 Å². The van der Waals surface area contributed by atoms with Gasteiger partial charge in [0.1, 0.15) is 0 Å². The quantitative estimate of drug-likeness (QED) is 0.358. The summed E-state index contributed by atoms with van der Waals surface area (Å²) in [6.07, 6.45) is 0.563. The molecular formula is C22H26ClN5O2. The minimum absolute atomic E-state index is 0.0421. The summed E-state index contributed by atoms with van der Waals surface area (Å²) in [5.41, 5.74) is 1.92. The lowest BCUT2D eigenvalue weighted by Crippen LogP contribution is -2.38. The average molecular weight is 428 g/mol. The number of benzene rings is 2. The molecule has 0 aliphatic heterocycles. The van der Waals surface area contributed by atoms with Crippen LogP contribution < -0.4 is 10.6 Å². The van der Waals surface area contributed by atoms with E-state index in [-0.39, 0.29) is 12.5 Å². The van der Waals surface area contributed by atoms with E-state index in [1.54, 1.807) is 12.1 Å². The number of aromatic nitrogens is 2. The first kappa shape index (κ1) is 21.8. The molecule has 0 aliphatic carbocycles. The highest BCUT2D eigenvalue weighted by molar-refractivity contribution is 6.30. The van der Waals surface area contributed by atoms with E-state index >= 15 is 0 Å². The van der Waals surface area contributed by atoms with Crippen molar-refractivity contribution in [2.45, 2.75) is 19.3 Å². The van der Waals surface area contributed by atoms with Crippen LogP contribution in [0.4, 0.5) is 0 Å². The Morgan fingerprint density at radius 2 is 1.90 bits per heavy atom. The molecule has 3 aromatic rings. The van der Waals surface area contributed by atoms with Gasteiger partial charge in [0.05, 0.1) is 13.2 Å². The summed E-state index contributed by atoms with van der Waals surface area (Å²) in [6, 6.07) is 17.2. The van der Waals surface area contributed by atoms with Crippen molar-refractivity contribution in [3.8, 4) is 11.4 Å². The molecule has 0 saturated heterocycles. The van der Waals surface area contributed by atoms with E-state index in [1.165, 1.54) is 0 Å². The highest BCUT2D eigenvalue weighted by atomic mass is 35.5. The lowest BCUT2D eigenvalue weighted by molar-refractivity contribution is 0.268. The van der Waals surface area contributed by atoms with E-state index in [0.29, 0.717) is 42.2 Å². The Morgan fingerprint density at radius 1 is 1.13 bits per heavy atom. The first-order valence-electron chi connectivity index (χ1n) is 9.96. The minimum atomic E-state index is -0.0421. The van der Waals surface area contributed by atoms with Crippen LogP contribution in [-0.4, -0.2) is 47.4 Å². The third-order valence-corrected chi connectivity index (χ3v) is 4.76. The predicted molar refractivity (Wildman–Crippen MR) is 119 cm³/mol. The predicted octanol–water partition coefficient (Wildman–Crippen LogP) is 3.26. The number of aliphatic imine (C=N–C) groups is 1. The first-order valence-corrected chi connectivity index (χ1v) is 10.3. The zero-order valence-electron chi connectivity index (χ0n) is 16.9. The van der Waals surface area contributed by atoms with Crippen molar-refractivity contribution < 1.29 is 9.63 Å². The van der Waals surface area contributed by atoms with E-state index in [1.807, 2.05) is 49.4 Å². The van der Waals surface area contributed by atoms with Gasteiger partial charge in [-0.05, 0) is 36.8 Å². The van der Waals surface area contributed by atoms with Gasteiger partial charge < -0.3 is 20.3 Å². The molecule has 1 heterocycles. The summed E-state index contributed by atoms with van der Waals surface area (Å²) in [5.74, 6) is 1.72. The van der Waals surface area contributed by atoms with Gasteiger partial charge in [0.2, 0.25) is 11.7 Å². The molecule has 0 aliphatic rings. The topological polar surface area (TPSA) is 95.6 Å². The van der Waals surface area contributed by atoms with Crippen LogP contribution in [0.3, 0.4) is 0 Å². The van der Waals surface area contributed by atoms with Crippen molar-refractivity contribution in [2.75, 3.05) is 26.2 Å². The van der Waals surface area contributed by atoms with E-state index < -0.39 is 0 Å². The Labute approximate surface area is 181 Å². The number of nitrogens with one attached hydrogen (secondary N) is 2. The second-order valence-corrected chi connectivity index (χ2v) is 7.14. The van der Waals surface area contributed by atoms with Crippen LogP contribution in [0, 0.1) is 0 Å². The molecule has 3 rings (SSSR count). The van der Waals surface area contributed by atoms with E-state index in [2.05, 4.69) is 25.8 Å². The molecule has 2 aromatic carbocycles. The smallest absolute Gasteiger partial charge is 0.228 e. The van der Waals surface area contributed by atoms with E-state index in [9.17, 15) is 5.11 Å². The van der Waals surface area contributed by atoms with Gasteiger partial charge in [-0.3, -0.25) is 4.99 Å². The van der Waals surface area contributed by atoms with Gasteiger partial charge >= 0.3 is 0 Å². The molecule has 158 valence electrons. The molecule has 7 nitrogen and oxygen atoms in total. The maximum Gasteiger partial charge on any atom is 0.228 e. The molecule has 3 N–H and O–H groups in total. The summed E-state index contributed by atoms with van der Waals surface area (Å²) in [7, 11) is 0. The van der Waals surface area contributed by atoms with Crippen molar-refractivity contribution in [3.63, 3.8) is 0 Å². The second kappa shape index (κ2) is 11.3. The highest BCUT2D eigenvalue weighted by Crippen LogP contribution is 2.18. The molecule has 0 radical (unpaired) electrons. The summed E-state index contributed by atoms with van der Waals surface area (Å²) in [4.78, 5) is 9.03. The SMILES string of the molecule is CCNC(=NCC(CO)c1ccccc1)NCCc1nc(-c2ccc(Cl)cc2)no1. The van der Waals surface area contributed by atoms with Gasteiger partial charge in [-0.1, -0.05) is 47.1 Å². The minimum Gasteiger partial charge on any atom is -0.396 e. The summed E-state index contributed by atoms with van der Waals surface area (Å²) < 4.78 is 5.34. The van der Waals surface area contributed by atoms with Crippen molar-refractivity contribution in [2.24, 2.45) is 4.99 Å². The number of aliphatic hydroxyl groups excluding tert-OH is 1. The molecule has 0 fully saturated rings. The number of nitrogens with zero attached hydrogens (tertiary/aromatic N) is 3. The monoisotopic (exact) mass is 427 g/mol. The van der Waals surface area contributed by atoms with Crippen molar-refractivity contribution in [1.29, 1.82) is 0 Å². The largest absolute Gasteiger partial charge is 0.396 e. The Hall–Kier alpha value is -2.90. The lowest BCUT2D eigenvalue weighted by atomic mass is 10.0. The standard InChI is InChI=1S/C22H26ClN5O2/c1-2-24-22(26-14-18(15-29)16-6-4-3-5-7-16)25-13-12-20-27-21(28-30-20)17-8-10-19(23)11-9-17/h3-11,18,29H,2,12-15H2,1H3,(H2,24,25,26). The number of rotatable bonds is 9. The molecule has 1 atom stereocenters. The van der Waals surface area contributed by atoms with Crippen molar-refractivity contribution in [3.05, 3.63) is 71.1 Å². The van der Waals surface area contributed by atoms with Crippen LogP contribution in [-0.2, 0) is 6.42 Å². The van der Waals surface area contributed by atoms with Crippen molar-refractivity contribution in [1.82, 2.24) is 20.8 Å². The number of aliphatic hydroxyl groups is 1. The molecular weight excluding hydrogens is 402 g/mol. The molecule has 1 unspecified atom stereocenters. The molecule has 1 aromatic heterocycles. The Bertz CT molecular complexity index is 928. The fourth-order valence-corrected chi connectivity index (χ4v) is 3.02. The third-order valence-electron chi connectivity index (χ3n) is 4.51. The van der Waals surface area contributed by atoms with Gasteiger partial charge in [-0.2, -0.15) is 4.98 Å². The summed E-state index contributed by atoms with van der Waals surface area (Å²) in [5, 5.41) is 20.9. The van der Waals surface area contributed by atoms with Crippen LogP contribution in [0.25, 0.3) is 11.4 Å². The lowest BCUT2D eigenvalue weighted by Gasteiger charge is -2.15. The number of hydrogen-bond acceptors (Lipinski definition) is 5. The van der Waals surface area contributed by atoms with Gasteiger partial charge in [0, 0.05) is 36.0 Å². The van der Waals surface area contributed by atoms with E-state index in [0.717, 1.165) is 17.7 Å². The van der Waals surface area contributed by atoms with Crippen LogP contribution in [0.15, 0.2) is 64.1 Å². The third kappa shape index (κ3) is 6.30. The van der Waals surface area contributed by atoms with Crippen LogP contribution in [0.5, 0.6) is 0 Å². The van der Waals surface area contributed by atoms with Gasteiger partial charge in [0.15, 0.2) is 5.96 Å². The summed E-state index contributed by atoms with van der Waals surface area (Å²) in [6.45, 7) is 3.86. The zero-order chi connectivity index (χ0) is 21.2. The summed E-state index contributed by atoms with van der Waals surface area (Å²) >= 11 is 5.91. The molecule has 0 saturated carbocycles. The molecule has 0 bridgehead atoms. The fourth-order valence-electron chi connectivity index (χ4n) is 2.90. The molecule has 30 heavy (non-hydrogen) atoms. The Kier molecular flexibility index (Phi) is 8.23. The maximum atomic E-state index is 9.71. The molecule has 0 spiro atoms. The Morgan fingerprint density at radius 3 is 2.60 bits per heavy atom. The van der Waals surface area contributed by atoms with Crippen molar-refractivity contribution >= 4 is 17.6 Å². The average Bonchev–Trinajstić information content (AvgIpc) is 3.24. The first-order chi connectivity index (χ1) is 14.7. The van der Waals surface area contributed by atoms with Gasteiger partial charge in [0.25, 0.3) is 0 Å². The van der Waals surface area contributed by atoms with E-state index in [4.69, 9.17) is 16.1 Å². The van der Waals surface area contributed by atoms with Gasteiger partial charge in [-0.25, -0.2) is 0 Å². The fraction of sp³-hybridized carbons (Fsp3) is 0.318. The highest BCUT2D eigenvalue weighted by Gasteiger charge is 2.11. The zero-order valence-corrected chi connectivity index (χ0v) is 17.6. The van der Waals surface area contributed by atoms with Gasteiger partial charge in [-0.15, -0.1) is 0 Å². The Balaban J connectivity index is 1.54. The molecule has 8 heteroatoms. The molecule has 0 amide bonds. The maximum absolute atomic E-state index is 9.71. The van der Waals surface area contributed by atoms with Crippen LogP contribution in [0.2, 0.25) is 5.02 Å². The van der Waals surface area contributed by atoms with Crippen LogP contribution in [0.1, 0.15) is 24.3 Å². The number of hydrogen-bond donors (Lipinski definition) is 3. The number of guanidine groups is 1. The number of halogens is 1. The normalized spacial score (nSPS) is 12.6.